The van der Waals surface area contributed by atoms with Crippen molar-refractivity contribution in [2.75, 3.05) is 38.2 Å². The van der Waals surface area contributed by atoms with Crippen molar-refractivity contribution in [3.63, 3.8) is 0 Å². The molecule has 1 aromatic carbocycles. The van der Waals surface area contributed by atoms with E-state index in [4.69, 9.17) is 16.3 Å². The minimum absolute atomic E-state index is 0.294. The number of thiazole rings is 1. The number of rotatable bonds is 4. The Kier molecular flexibility index (Phi) is 4.83. The Morgan fingerprint density at radius 1 is 1.12 bits per heavy atom. The van der Waals surface area contributed by atoms with Gasteiger partial charge in [0.25, 0.3) is 10.0 Å². The molecule has 26 heavy (non-hydrogen) atoms. The van der Waals surface area contributed by atoms with E-state index in [9.17, 15) is 8.42 Å². The van der Waals surface area contributed by atoms with Crippen molar-refractivity contribution in [1.29, 1.82) is 0 Å². The van der Waals surface area contributed by atoms with Gasteiger partial charge in [-0.05, 0) is 30.3 Å². The van der Waals surface area contributed by atoms with Gasteiger partial charge in [0.05, 0.1) is 21.7 Å². The summed E-state index contributed by atoms with van der Waals surface area (Å²) in [4.78, 5) is 6.80. The highest BCUT2D eigenvalue weighted by Crippen LogP contribution is 2.33. The minimum atomic E-state index is -3.47. The van der Waals surface area contributed by atoms with Gasteiger partial charge in [-0.2, -0.15) is 4.31 Å². The first kappa shape index (κ1) is 18.0. The van der Waals surface area contributed by atoms with Crippen LogP contribution < -0.4 is 9.64 Å². The predicted molar refractivity (Wildman–Crippen MR) is 106 cm³/mol. The van der Waals surface area contributed by atoms with Crippen LogP contribution in [0.15, 0.2) is 34.5 Å². The summed E-state index contributed by atoms with van der Waals surface area (Å²) in [5, 5.41) is 0.907. The van der Waals surface area contributed by atoms with Gasteiger partial charge in [0.2, 0.25) is 0 Å². The highest BCUT2D eigenvalue weighted by Gasteiger charge is 2.30. The molecule has 0 bridgehead atoms. The minimum Gasteiger partial charge on any atom is -0.497 e. The van der Waals surface area contributed by atoms with Crippen molar-refractivity contribution in [3.8, 4) is 5.75 Å². The molecule has 0 radical (unpaired) electrons. The van der Waals surface area contributed by atoms with Gasteiger partial charge in [0.15, 0.2) is 5.13 Å². The van der Waals surface area contributed by atoms with Crippen molar-refractivity contribution in [2.45, 2.75) is 4.21 Å². The molecule has 0 aliphatic carbocycles. The van der Waals surface area contributed by atoms with Crippen LogP contribution in [0.25, 0.3) is 10.2 Å². The summed E-state index contributed by atoms with van der Waals surface area (Å²) in [5.74, 6) is 0.804. The SMILES string of the molecule is COc1ccc2nc(N3CCN(S(=O)(=O)c4ccc(Cl)s4)CC3)sc2c1. The number of nitrogens with zero attached hydrogens (tertiary/aromatic N) is 3. The van der Waals surface area contributed by atoms with E-state index in [1.165, 1.54) is 4.31 Å². The second-order valence-corrected chi connectivity index (χ2v) is 10.7. The molecule has 0 amide bonds. The van der Waals surface area contributed by atoms with Crippen LogP contribution in [0.3, 0.4) is 0 Å². The first-order chi connectivity index (χ1) is 12.5. The smallest absolute Gasteiger partial charge is 0.252 e. The van der Waals surface area contributed by atoms with E-state index >= 15 is 0 Å². The molecule has 1 aliphatic heterocycles. The molecule has 4 rings (SSSR count). The van der Waals surface area contributed by atoms with Crippen molar-refractivity contribution >= 4 is 59.6 Å². The second-order valence-electron chi connectivity index (χ2n) is 5.78. The Labute approximate surface area is 164 Å². The number of hydrogen-bond donors (Lipinski definition) is 0. The van der Waals surface area contributed by atoms with Gasteiger partial charge >= 0.3 is 0 Å². The second kappa shape index (κ2) is 6.97. The van der Waals surface area contributed by atoms with Crippen LogP contribution in [0.2, 0.25) is 4.34 Å². The average Bonchev–Trinajstić information content (AvgIpc) is 3.27. The van der Waals surface area contributed by atoms with Gasteiger partial charge in [0, 0.05) is 26.2 Å². The van der Waals surface area contributed by atoms with E-state index in [1.807, 2.05) is 18.2 Å². The van der Waals surface area contributed by atoms with Crippen LogP contribution >= 0.6 is 34.3 Å². The molecule has 0 unspecified atom stereocenters. The van der Waals surface area contributed by atoms with E-state index in [-0.39, 0.29) is 0 Å². The summed E-state index contributed by atoms with van der Waals surface area (Å²) in [5.41, 5.74) is 0.925. The Morgan fingerprint density at radius 2 is 1.88 bits per heavy atom. The summed E-state index contributed by atoms with van der Waals surface area (Å²) in [7, 11) is -1.83. The van der Waals surface area contributed by atoms with Crippen molar-refractivity contribution < 1.29 is 13.2 Å². The Morgan fingerprint density at radius 3 is 2.54 bits per heavy atom. The lowest BCUT2D eigenvalue weighted by Gasteiger charge is -2.33. The topological polar surface area (TPSA) is 62.7 Å². The zero-order valence-electron chi connectivity index (χ0n) is 13.9. The molecule has 138 valence electrons. The molecule has 3 aromatic rings. The summed E-state index contributed by atoms with van der Waals surface area (Å²) < 4.78 is 34.0. The first-order valence-electron chi connectivity index (χ1n) is 7.92. The normalized spacial score (nSPS) is 16.3. The Hall–Kier alpha value is -1.39. The van der Waals surface area contributed by atoms with Gasteiger partial charge in [-0.3, -0.25) is 0 Å². The third kappa shape index (κ3) is 3.29. The summed E-state index contributed by atoms with van der Waals surface area (Å²) in [6.45, 7) is 2.07. The van der Waals surface area contributed by atoms with Gasteiger partial charge in [-0.1, -0.05) is 22.9 Å². The number of ether oxygens (including phenoxy) is 1. The zero-order chi connectivity index (χ0) is 18.3. The van der Waals surface area contributed by atoms with Crippen LogP contribution in [0, 0.1) is 0 Å². The summed E-state index contributed by atoms with van der Waals surface area (Å²) in [6.07, 6.45) is 0. The average molecular weight is 430 g/mol. The van der Waals surface area contributed by atoms with E-state index in [0.717, 1.165) is 32.4 Å². The maximum Gasteiger partial charge on any atom is 0.252 e. The highest BCUT2D eigenvalue weighted by atomic mass is 35.5. The van der Waals surface area contributed by atoms with Crippen LogP contribution in [0.1, 0.15) is 0 Å². The molecule has 3 heterocycles. The number of methoxy groups -OCH3 is 1. The van der Waals surface area contributed by atoms with Gasteiger partial charge in [-0.25, -0.2) is 13.4 Å². The number of piperazine rings is 1. The lowest BCUT2D eigenvalue weighted by Crippen LogP contribution is -2.48. The molecule has 1 aliphatic rings. The molecular weight excluding hydrogens is 414 g/mol. The standard InChI is InChI=1S/C16H16ClN3O3S3/c1-23-11-2-3-12-13(10-11)24-16(18-12)19-6-8-20(9-7-19)26(21,22)15-5-4-14(17)25-15/h2-5,10H,6-9H2,1H3. The molecule has 1 fully saturated rings. The predicted octanol–water partition coefficient (Wildman–Crippen LogP) is 3.53. The van der Waals surface area contributed by atoms with Crippen molar-refractivity contribution in [3.05, 3.63) is 34.7 Å². The van der Waals surface area contributed by atoms with Crippen LogP contribution in [-0.4, -0.2) is 51.0 Å². The summed E-state index contributed by atoms with van der Waals surface area (Å²) >= 11 is 8.57. The van der Waals surface area contributed by atoms with Crippen molar-refractivity contribution in [1.82, 2.24) is 9.29 Å². The van der Waals surface area contributed by atoms with Gasteiger partial charge < -0.3 is 9.64 Å². The van der Waals surface area contributed by atoms with E-state index in [1.54, 1.807) is 30.6 Å². The number of benzene rings is 1. The molecule has 0 atom stereocenters. The fourth-order valence-electron chi connectivity index (χ4n) is 2.84. The van der Waals surface area contributed by atoms with E-state index in [2.05, 4.69) is 9.88 Å². The lowest BCUT2D eigenvalue weighted by atomic mass is 10.3. The third-order valence-electron chi connectivity index (χ3n) is 4.24. The molecule has 0 saturated carbocycles. The van der Waals surface area contributed by atoms with E-state index in [0.29, 0.717) is 34.7 Å². The fraction of sp³-hybridized carbons (Fsp3) is 0.312. The molecule has 1 saturated heterocycles. The Bertz CT molecular complexity index is 1040. The van der Waals surface area contributed by atoms with Crippen LogP contribution in [0.5, 0.6) is 5.75 Å². The first-order valence-corrected chi connectivity index (χ1v) is 11.4. The number of sulfonamides is 1. The maximum absolute atomic E-state index is 12.7. The monoisotopic (exact) mass is 429 g/mol. The van der Waals surface area contributed by atoms with Crippen molar-refractivity contribution in [2.24, 2.45) is 0 Å². The lowest BCUT2D eigenvalue weighted by molar-refractivity contribution is 0.386. The summed E-state index contributed by atoms with van der Waals surface area (Å²) in [6, 6.07) is 8.98. The maximum atomic E-state index is 12.7. The molecular formula is C16H16ClN3O3S3. The molecule has 0 N–H and O–H groups in total. The number of anilines is 1. The number of thiophene rings is 1. The van der Waals surface area contributed by atoms with E-state index < -0.39 is 10.0 Å². The van der Waals surface area contributed by atoms with Crippen LogP contribution in [-0.2, 0) is 10.0 Å². The highest BCUT2D eigenvalue weighted by molar-refractivity contribution is 7.91. The largest absolute Gasteiger partial charge is 0.497 e. The van der Waals surface area contributed by atoms with Crippen LogP contribution in [0.4, 0.5) is 5.13 Å². The number of hydrogen-bond acceptors (Lipinski definition) is 7. The number of halogens is 1. The molecule has 0 spiro atoms. The molecule has 2 aromatic heterocycles. The zero-order valence-corrected chi connectivity index (χ0v) is 17.1. The fourth-order valence-corrected chi connectivity index (χ4v) is 6.94. The third-order valence-corrected chi connectivity index (χ3v) is 8.91. The van der Waals surface area contributed by atoms with Gasteiger partial charge in [-0.15, -0.1) is 11.3 Å². The number of fused-ring (bicyclic) bond motifs is 1. The number of aromatic nitrogens is 1. The van der Waals surface area contributed by atoms with Gasteiger partial charge in [0.1, 0.15) is 9.96 Å². The quantitative estimate of drug-likeness (QED) is 0.634. The molecule has 10 heteroatoms. The Balaban J connectivity index is 1.50. The molecule has 6 nitrogen and oxygen atoms in total.